The van der Waals surface area contributed by atoms with E-state index in [-0.39, 0.29) is 12.5 Å². The molecule has 0 rings (SSSR count). The van der Waals surface area contributed by atoms with E-state index in [9.17, 15) is 9.90 Å². The summed E-state index contributed by atoms with van der Waals surface area (Å²) in [6, 6.07) is 0. The molecule has 0 aliphatic heterocycles. The molecule has 7 nitrogen and oxygen atoms in total. The summed E-state index contributed by atoms with van der Waals surface area (Å²) in [6.45, 7) is 2.93. The average molecular weight is 451 g/mol. The van der Waals surface area contributed by atoms with Crippen LogP contribution in [-0.4, -0.2) is 44.4 Å². The van der Waals surface area contributed by atoms with E-state index >= 15 is 0 Å². The van der Waals surface area contributed by atoms with Crippen molar-refractivity contribution in [2.75, 3.05) is 13.2 Å². The van der Waals surface area contributed by atoms with Gasteiger partial charge in [0.1, 0.15) is 6.61 Å². The molecule has 0 radical (unpaired) electrons. The lowest BCUT2D eigenvalue weighted by atomic mass is 10.0. The van der Waals surface area contributed by atoms with Crippen LogP contribution in [0.3, 0.4) is 0 Å². The van der Waals surface area contributed by atoms with E-state index in [2.05, 4.69) is 28.9 Å². The Morgan fingerprint density at radius 2 is 1.40 bits per heavy atom. The van der Waals surface area contributed by atoms with Gasteiger partial charge in [-0.05, 0) is 39.0 Å². The van der Waals surface area contributed by atoms with Crippen molar-refractivity contribution in [1.29, 1.82) is 0 Å². The third-order valence-corrected chi connectivity index (χ3v) is 5.49. The van der Waals surface area contributed by atoms with Crippen molar-refractivity contribution < 1.29 is 29.1 Å². The van der Waals surface area contributed by atoms with Crippen LogP contribution in [0.4, 0.5) is 0 Å². The maximum absolute atomic E-state index is 12.0. The van der Waals surface area contributed by atoms with Gasteiger partial charge in [0.25, 0.3) is 0 Å². The zero-order valence-electron chi connectivity index (χ0n) is 19.0. The van der Waals surface area contributed by atoms with Crippen LogP contribution in [0.15, 0.2) is 12.2 Å². The second-order valence-electron chi connectivity index (χ2n) is 8.39. The minimum atomic E-state index is -4.39. The molecule has 0 aromatic rings. The Kier molecular flexibility index (Phi) is 17.7. The van der Waals surface area contributed by atoms with E-state index in [0.717, 1.165) is 32.1 Å². The molecule has 0 aliphatic rings. The number of amides is 1. The van der Waals surface area contributed by atoms with Crippen LogP contribution in [-0.2, 0) is 9.32 Å². The molecule has 1 unspecified atom stereocenters. The van der Waals surface area contributed by atoms with Crippen molar-refractivity contribution in [3.63, 3.8) is 0 Å². The van der Waals surface area contributed by atoms with Crippen LogP contribution < -0.4 is 5.32 Å². The summed E-state index contributed by atoms with van der Waals surface area (Å²) >= 11 is 0. The summed E-state index contributed by atoms with van der Waals surface area (Å²) in [5.74, 6) is -0.231. The largest absolute Gasteiger partial charge is 0.567 e. The fourth-order valence-electron chi connectivity index (χ4n) is 3.11. The first-order valence-electron chi connectivity index (χ1n) is 11.5. The van der Waals surface area contributed by atoms with Gasteiger partial charge in [-0.2, -0.15) is 19.2 Å². The number of allylic oxidation sites excluding steroid dienone is 2. The van der Waals surface area contributed by atoms with Gasteiger partial charge < -0.3 is 10.4 Å². The summed E-state index contributed by atoms with van der Waals surface area (Å²) in [5, 5.41) is 12.0. The summed E-state index contributed by atoms with van der Waals surface area (Å²) in [7, 11) is -4.39. The molecule has 1 atom stereocenters. The normalized spacial score (nSPS) is 14.2. The number of rotatable bonds is 20. The number of nitrogens with one attached hydrogen (secondary N) is 1. The average Bonchev–Trinajstić information content (AvgIpc) is 2.69. The number of unbranched alkanes of at least 4 members (excludes halogenated alkanes) is 11. The first-order valence-corrected chi connectivity index (χ1v) is 13.1. The van der Waals surface area contributed by atoms with Gasteiger partial charge in [0, 0.05) is 6.42 Å². The standard InChI is InChI=1S/C22H44NO6P/c1-3-4-5-6-7-8-9-10-11-12-13-14-15-16-17-18-21(25)23-22(2,19-24)20-29-30(26,27)28/h10-11,24,26-28H,3-9,12-20H2,1-2H3/p+1/b11-10-. The third kappa shape index (κ3) is 19.4. The van der Waals surface area contributed by atoms with Crippen molar-refractivity contribution in [1.82, 2.24) is 5.32 Å². The van der Waals surface area contributed by atoms with Gasteiger partial charge in [-0.25, -0.2) is 0 Å². The molecular formula is C22H45NO6P+. The molecule has 0 fully saturated rings. The van der Waals surface area contributed by atoms with E-state index in [0.29, 0.717) is 6.42 Å². The van der Waals surface area contributed by atoms with Crippen molar-refractivity contribution in [3.8, 4) is 0 Å². The van der Waals surface area contributed by atoms with Gasteiger partial charge >= 0.3 is 8.17 Å². The minimum absolute atomic E-state index is 0.231. The molecule has 0 aromatic heterocycles. The van der Waals surface area contributed by atoms with Crippen LogP contribution in [0.25, 0.3) is 0 Å². The highest BCUT2D eigenvalue weighted by Gasteiger charge is 2.38. The second kappa shape index (κ2) is 18.1. The molecule has 0 heterocycles. The summed E-state index contributed by atoms with van der Waals surface area (Å²) in [6.07, 6.45) is 20.4. The van der Waals surface area contributed by atoms with Crippen LogP contribution in [0.5, 0.6) is 0 Å². The lowest BCUT2D eigenvalue weighted by Gasteiger charge is -2.27. The van der Waals surface area contributed by atoms with Crippen LogP contribution in [0, 0.1) is 0 Å². The molecule has 1 amide bonds. The molecule has 0 spiro atoms. The number of hydrogen-bond acceptors (Lipinski definition) is 6. The van der Waals surface area contributed by atoms with Crippen LogP contribution in [0.2, 0.25) is 0 Å². The first-order chi connectivity index (χ1) is 14.2. The van der Waals surface area contributed by atoms with E-state index in [1.165, 1.54) is 58.3 Å². The molecule has 0 saturated heterocycles. The molecule has 30 heavy (non-hydrogen) atoms. The predicted molar refractivity (Wildman–Crippen MR) is 123 cm³/mol. The van der Waals surface area contributed by atoms with Crippen molar-refractivity contribution >= 4 is 14.1 Å². The number of carbonyl (C=O) groups excluding carboxylic acids is 1. The van der Waals surface area contributed by atoms with Gasteiger partial charge in [0.05, 0.1) is 12.1 Å². The van der Waals surface area contributed by atoms with Gasteiger partial charge in [-0.15, -0.1) is 0 Å². The van der Waals surface area contributed by atoms with Gasteiger partial charge in [-0.1, -0.05) is 70.4 Å². The molecule has 178 valence electrons. The Balaban J connectivity index is 3.63. The van der Waals surface area contributed by atoms with Crippen molar-refractivity contribution in [2.24, 2.45) is 0 Å². The van der Waals surface area contributed by atoms with E-state index in [1.807, 2.05) is 0 Å². The van der Waals surface area contributed by atoms with E-state index in [4.69, 9.17) is 14.7 Å². The second-order valence-corrected chi connectivity index (χ2v) is 9.67. The first kappa shape index (κ1) is 29.4. The Morgan fingerprint density at radius 1 is 0.900 bits per heavy atom. The van der Waals surface area contributed by atoms with Crippen molar-refractivity contribution in [2.45, 2.75) is 109 Å². The lowest BCUT2D eigenvalue weighted by Crippen LogP contribution is -2.52. The maximum Gasteiger partial charge on any atom is 0.567 e. The van der Waals surface area contributed by atoms with Gasteiger partial charge in [0.2, 0.25) is 5.91 Å². The predicted octanol–water partition coefficient (Wildman–Crippen LogP) is 4.56. The molecule has 5 N–H and O–H groups in total. The van der Waals surface area contributed by atoms with Crippen LogP contribution >= 0.6 is 8.17 Å². The Hall–Kier alpha value is -0.560. The number of carbonyl (C=O) groups is 1. The van der Waals surface area contributed by atoms with Gasteiger partial charge in [-0.3, -0.25) is 4.79 Å². The molecular weight excluding hydrogens is 405 g/mol. The van der Waals surface area contributed by atoms with Gasteiger partial charge in [0.15, 0.2) is 0 Å². The summed E-state index contributed by atoms with van der Waals surface area (Å²) < 4.78 is 4.51. The highest BCUT2D eigenvalue weighted by molar-refractivity contribution is 7.53. The number of hydrogen-bond donors (Lipinski definition) is 5. The zero-order valence-corrected chi connectivity index (χ0v) is 19.9. The summed E-state index contributed by atoms with van der Waals surface area (Å²) in [4.78, 5) is 38.6. The zero-order chi connectivity index (χ0) is 22.7. The van der Waals surface area contributed by atoms with E-state index in [1.54, 1.807) is 0 Å². The SMILES string of the molecule is CCCCCCCC/C=C\CCCCCCCC(=O)NC(C)(CO)CO[P+](O)(O)O. The molecule has 0 saturated carbocycles. The molecule has 0 bridgehead atoms. The van der Waals surface area contributed by atoms with Crippen LogP contribution in [0.1, 0.15) is 104 Å². The third-order valence-electron chi connectivity index (χ3n) is 5.01. The Labute approximate surface area is 183 Å². The quantitative estimate of drug-likeness (QED) is 0.105. The minimum Gasteiger partial charge on any atom is -0.394 e. The Morgan fingerprint density at radius 3 is 1.90 bits per heavy atom. The number of aliphatic hydroxyl groups excluding tert-OH is 1. The molecule has 0 aromatic carbocycles. The highest BCUT2D eigenvalue weighted by atomic mass is 31.2. The smallest absolute Gasteiger partial charge is 0.394 e. The highest BCUT2D eigenvalue weighted by Crippen LogP contribution is 2.46. The fraction of sp³-hybridized carbons (Fsp3) is 0.864. The Bertz CT molecular complexity index is 455. The number of aliphatic hydroxyl groups is 1. The topological polar surface area (TPSA) is 119 Å². The lowest BCUT2D eigenvalue weighted by molar-refractivity contribution is -0.124. The van der Waals surface area contributed by atoms with Crippen molar-refractivity contribution in [3.05, 3.63) is 12.2 Å². The maximum atomic E-state index is 12.0. The molecule has 8 heteroatoms. The molecule has 0 aliphatic carbocycles. The van der Waals surface area contributed by atoms with E-state index < -0.39 is 20.3 Å². The fourth-order valence-corrected chi connectivity index (χ4v) is 3.56. The monoisotopic (exact) mass is 450 g/mol. The summed E-state index contributed by atoms with van der Waals surface area (Å²) in [5.41, 5.74) is -1.17.